The number of hydrogen-bond acceptors (Lipinski definition) is 3. The Morgan fingerprint density at radius 2 is 2.17 bits per heavy atom. The molecule has 0 unspecified atom stereocenters. The molecular formula is C15H16O3. The summed E-state index contributed by atoms with van der Waals surface area (Å²) in [4.78, 5) is 11.7. The second kappa shape index (κ2) is 4.69. The van der Waals surface area contributed by atoms with Gasteiger partial charge in [0.25, 0.3) is 0 Å². The van der Waals surface area contributed by atoms with Crippen molar-refractivity contribution < 1.29 is 9.52 Å². The molecule has 1 heterocycles. The Morgan fingerprint density at radius 1 is 1.44 bits per heavy atom. The van der Waals surface area contributed by atoms with E-state index in [-0.39, 0.29) is 11.4 Å². The average Bonchev–Trinajstić information content (AvgIpc) is 2.32. The van der Waals surface area contributed by atoms with Gasteiger partial charge in [0.2, 0.25) is 0 Å². The Hall–Kier alpha value is -2.03. The minimum Gasteiger partial charge on any atom is -0.508 e. The van der Waals surface area contributed by atoms with E-state index in [1.54, 1.807) is 6.08 Å². The summed E-state index contributed by atoms with van der Waals surface area (Å²) in [7, 11) is 0. The van der Waals surface area contributed by atoms with E-state index < -0.39 is 0 Å². The molecule has 0 atom stereocenters. The monoisotopic (exact) mass is 244 g/mol. The third-order valence-electron chi connectivity index (χ3n) is 3.20. The Morgan fingerprint density at radius 3 is 2.78 bits per heavy atom. The van der Waals surface area contributed by atoms with Gasteiger partial charge in [-0.3, -0.25) is 0 Å². The molecule has 0 spiro atoms. The van der Waals surface area contributed by atoms with Crippen molar-refractivity contribution in [1.29, 1.82) is 0 Å². The average molecular weight is 244 g/mol. The quantitative estimate of drug-likeness (QED) is 0.666. The number of benzene rings is 1. The zero-order chi connectivity index (χ0) is 13.3. The lowest BCUT2D eigenvalue weighted by Gasteiger charge is -2.09. The van der Waals surface area contributed by atoms with Crippen molar-refractivity contribution in [3.63, 3.8) is 0 Å². The van der Waals surface area contributed by atoms with Crippen LogP contribution >= 0.6 is 0 Å². The minimum absolute atomic E-state index is 0.134. The number of rotatable bonds is 3. The molecule has 18 heavy (non-hydrogen) atoms. The molecule has 2 rings (SSSR count). The van der Waals surface area contributed by atoms with E-state index in [2.05, 4.69) is 6.58 Å². The van der Waals surface area contributed by atoms with Gasteiger partial charge in [0.1, 0.15) is 11.3 Å². The highest BCUT2D eigenvalue weighted by Crippen LogP contribution is 2.28. The first-order chi connectivity index (χ1) is 8.58. The Bertz CT molecular complexity index is 665. The van der Waals surface area contributed by atoms with Gasteiger partial charge in [0.05, 0.1) is 0 Å². The summed E-state index contributed by atoms with van der Waals surface area (Å²) in [6, 6.07) is 3.37. The summed E-state index contributed by atoms with van der Waals surface area (Å²) < 4.78 is 5.24. The van der Waals surface area contributed by atoms with Gasteiger partial charge in [0, 0.05) is 17.0 Å². The minimum atomic E-state index is -0.321. The largest absolute Gasteiger partial charge is 0.508 e. The number of aryl methyl sites for hydroxylation is 1. The van der Waals surface area contributed by atoms with Gasteiger partial charge in [-0.25, -0.2) is 4.79 Å². The molecule has 0 bridgehead atoms. The molecule has 1 N–H and O–H groups in total. The Labute approximate surface area is 105 Å². The predicted molar refractivity (Wildman–Crippen MR) is 72.2 cm³/mol. The van der Waals surface area contributed by atoms with E-state index >= 15 is 0 Å². The fourth-order valence-corrected chi connectivity index (χ4v) is 2.20. The standard InChI is InChI=1S/C15H16O3/c1-4-6-10-7-12-9(3)11(5-2)15(17)18-14(12)8-13(10)16/h4,7-8,16H,1,5-6H2,2-3H3. The van der Waals surface area contributed by atoms with Crippen LogP contribution < -0.4 is 5.63 Å². The van der Waals surface area contributed by atoms with Gasteiger partial charge < -0.3 is 9.52 Å². The van der Waals surface area contributed by atoms with Gasteiger partial charge in [-0.1, -0.05) is 13.0 Å². The number of phenols is 1. The molecule has 0 aliphatic heterocycles. The fourth-order valence-electron chi connectivity index (χ4n) is 2.20. The number of fused-ring (bicyclic) bond motifs is 1. The maximum atomic E-state index is 11.7. The number of hydrogen-bond donors (Lipinski definition) is 1. The van der Waals surface area contributed by atoms with Crippen LogP contribution in [0.1, 0.15) is 23.6 Å². The van der Waals surface area contributed by atoms with E-state index in [9.17, 15) is 9.90 Å². The topological polar surface area (TPSA) is 50.4 Å². The molecule has 1 aromatic carbocycles. The van der Waals surface area contributed by atoms with Crippen molar-refractivity contribution in [1.82, 2.24) is 0 Å². The van der Waals surface area contributed by atoms with Gasteiger partial charge >= 0.3 is 5.63 Å². The van der Waals surface area contributed by atoms with Crippen LogP contribution in [-0.4, -0.2) is 5.11 Å². The van der Waals surface area contributed by atoms with E-state index in [0.29, 0.717) is 24.0 Å². The van der Waals surface area contributed by atoms with Gasteiger partial charge in [0.15, 0.2) is 0 Å². The maximum Gasteiger partial charge on any atom is 0.339 e. The van der Waals surface area contributed by atoms with Crippen molar-refractivity contribution in [2.24, 2.45) is 0 Å². The molecule has 94 valence electrons. The van der Waals surface area contributed by atoms with Crippen LogP contribution in [0.3, 0.4) is 0 Å². The SMILES string of the molecule is C=CCc1cc2c(C)c(CC)c(=O)oc2cc1O. The molecule has 0 aliphatic rings. The second-order valence-corrected chi connectivity index (χ2v) is 4.32. The van der Waals surface area contributed by atoms with Crippen molar-refractivity contribution in [3.05, 3.63) is 51.9 Å². The van der Waals surface area contributed by atoms with Crippen LogP contribution in [0.4, 0.5) is 0 Å². The van der Waals surface area contributed by atoms with Crippen LogP contribution in [0.2, 0.25) is 0 Å². The second-order valence-electron chi connectivity index (χ2n) is 4.32. The first kappa shape index (κ1) is 12.4. The molecule has 0 saturated heterocycles. The molecule has 1 aromatic heterocycles. The number of allylic oxidation sites excluding steroid dienone is 1. The summed E-state index contributed by atoms with van der Waals surface area (Å²) in [6.45, 7) is 7.50. The van der Waals surface area contributed by atoms with E-state index in [1.165, 1.54) is 6.07 Å². The summed E-state index contributed by atoms with van der Waals surface area (Å²) in [6.07, 6.45) is 2.96. The lowest BCUT2D eigenvalue weighted by atomic mass is 10.0. The van der Waals surface area contributed by atoms with Crippen LogP contribution in [-0.2, 0) is 12.8 Å². The van der Waals surface area contributed by atoms with Crippen molar-refractivity contribution in [2.45, 2.75) is 26.7 Å². The van der Waals surface area contributed by atoms with Crippen LogP contribution in [0, 0.1) is 6.92 Å². The smallest absolute Gasteiger partial charge is 0.339 e. The molecule has 0 aliphatic carbocycles. The third kappa shape index (κ3) is 1.92. The lowest BCUT2D eigenvalue weighted by Crippen LogP contribution is -2.09. The highest BCUT2D eigenvalue weighted by atomic mass is 16.4. The van der Waals surface area contributed by atoms with Crippen LogP contribution in [0.5, 0.6) is 5.75 Å². The molecule has 3 nitrogen and oxygen atoms in total. The molecule has 0 amide bonds. The molecule has 0 saturated carbocycles. The summed E-state index contributed by atoms with van der Waals surface area (Å²) >= 11 is 0. The van der Waals surface area contributed by atoms with Crippen molar-refractivity contribution in [2.75, 3.05) is 0 Å². The predicted octanol–water partition coefficient (Wildman–Crippen LogP) is 3.10. The highest BCUT2D eigenvalue weighted by molar-refractivity contribution is 5.83. The molecule has 0 radical (unpaired) electrons. The zero-order valence-corrected chi connectivity index (χ0v) is 10.6. The molecule has 2 aromatic rings. The maximum absolute atomic E-state index is 11.7. The lowest BCUT2D eigenvalue weighted by molar-refractivity contribution is 0.467. The fraction of sp³-hybridized carbons (Fsp3) is 0.267. The third-order valence-corrected chi connectivity index (χ3v) is 3.20. The first-order valence-corrected chi connectivity index (χ1v) is 5.97. The van der Waals surface area contributed by atoms with Crippen LogP contribution in [0.15, 0.2) is 34.0 Å². The molecular weight excluding hydrogens is 228 g/mol. The van der Waals surface area contributed by atoms with E-state index in [0.717, 1.165) is 16.5 Å². The molecule has 3 heteroatoms. The van der Waals surface area contributed by atoms with Gasteiger partial charge in [-0.05, 0) is 37.0 Å². The number of aromatic hydroxyl groups is 1. The Kier molecular flexibility index (Phi) is 3.24. The number of phenolic OH excluding ortho intramolecular Hbond substituents is 1. The summed E-state index contributed by atoms with van der Waals surface area (Å²) in [5.41, 5.74) is 2.52. The van der Waals surface area contributed by atoms with Crippen LogP contribution in [0.25, 0.3) is 11.0 Å². The first-order valence-electron chi connectivity index (χ1n) is 5.97. The van der Waals surface area contributed by atoms with Crippen molar-refractivity contribution in [3.8, 4) is 5.75 Å². The highest BCUT2D eigenvalue weighted by Gasteiger charge is 2.12. The van der Waals surface area contributed by atoms with Crippen molar-refractivity contribution >= 4 is 11.0 Å². The Balaban J connectivity index is 2.82. The zero-order valence-electron chi connectivity index (χ0n) is 10.6. The normalized spacial score (nSPS) is 10.8. The summed E-state index contributed by atoms with van der Waals surface area (Å²) in [5, 5.41) is 10.7. The van der Waals surface area contributed by atoms with E-state index in [1.807, 2.05) is 19.9 Å². The van der Waals surface area contributed by atoms with Gasteiger partial charge in [-0.15, -0.1) is 6.58 Å². The van der Waals surface area contributed by atoms with E-state index in [4.69, 9.17) is 4.42 Å². The summed E-state index contributed by atoms with van der Waals surface area (Å²) in [5.74, 6) is 0.134. The van der Waals surface area contributed by atoms with Gasteiger partial charge in [-0.2, -0.15) is 0 Å². The molecule has 0 fully saturated rings.